The molecule has 6 nitrogen and oxygen atoms in total. The average Bonchev–Trinajstić information content (AvgIpc) is 2.80. The highest BCUT2D eigenvalue weighted by Crippen LogP contribution is 2.19. The molecule has 1 aromatic carbocycles. The summed E-state index contributed by atoms with van der Waals surface area (Å²) in [5, 5.41) is 11.5. The summed E-state index contributed by atoms with van der Waals surface area (Å²) in [6.07, 6.45) is 0. The van der Waals surface area contributed by atoms with E-state index in [9.17, 15) is 14.0 Å². The largest absolute Gasteiger partial charge is 0.477 e. The van der Waals surface area contributed by atoms with Gasteiger partial charge in [0, 0.05) is 18.4 Å². The van der Waals surface area contributed by atoms with Crippen molar-refractivity contribution in [3.8, 4) is 0 Å². The summed E-state index contributed by atoms with van der Waals surface area (Å²) in [5.41, 5.74) is 1.19. The van der Waals surface area contributed by atoms with E-state index in [-0.39, 0.29) is 11.4 Å². The Balaban J connectivity index is 2.18. The molecule has 0 fully saturated rings. The number of hydrogen-bond acceptors (Lipinski definition) is 2. The van der Waals surface area contributed by atoms with E-state index in [1.54, 1.807) is 6.92 Å². The molecule has 0 aliphatic carbocycles. The first kappa shape index (κ1) is 14.6. The molecule has 0 spiro atoms. The minimum atomic E-state index is -1.16. The second kappa shape index (κ2) is 5.66. The third-order valence-corrected chi connectivity index (χ3v) is 2.93. The number of amides is 2. The minimum Gasteiger partial charge on any atom is -0.477 e. The topological polar surface area (TPSA) is 85.4 Å². The molecule has 2 rings (SSSR count). The molecule has 0 aliphatic heterocycles. The summed E-state index contributed by atoms with van der Waals surface area (Å²) in [6, 6.07) is 6.39. The van der Waals surface area contributed by atoms with Crippen molar-refractivity contribution in [3.05, 3.63) is 47.5 Å². The van der Waals surface area contributed by atoms with Gasteiger partial charge >= 0.3 is 12.0 Å². The number of halogens is 1. The first-order valence-electron chi connectivity index (χ1n) is 6.11. The van der Waals surface area contributed by atoms with Crippen LogP contribution in [0.15, 0.2) is 30.3 Å². The van der Waals surface area contributed by atoms with E-state index in [2.05, 4.69) is 10.3 Å². The molecule has 0 atom stereocenters. The van der Waals surface area contributed by atoms with Gasteiger partial charge in [-0.25, -0.2) is 14.0 Å². The first-order chi connectivity index (χ1) is 9.88. The number of hydrogen-bond donors (Lipinski definition) is 3. The van der Waals surface area contributed by atoms with Gasteiger partial charge in [0.2, 0.25) is 0 Å². The van der Waals surface area contributed by atoms with Crippen LogP contribution in [0.3, 0.4) is 0 Å². The minimum absolute atomic E-state index is 0.0895. The van der Waals surface area contributed by atoms with Crippen LogP contribution in [-0.4, -0.2) is 29.1 Å². The number of aromatic nitrogens is 1. The van der Waals surface area contributed by atoms with Crippen molar-refractivity contribution in [2.75, 3.05) is 17.3 Å². The van der Waals surface area contributed by atoms with Crippen LogP contribution in [0.25, 0.3) is 0 Å². The highest BCUT2D eigenvalue weighted by atomic mass is 19.1. The van der Waals surface area contributed by atoms with Gasteiger partial charge in [-0.05, 0) is 37.3 Å². The monoisotopic (exact) mass is 291 g/mol. The standard InChI is InChI=1S/C14H14FN3O3/c1-8-7-11(12(16-8)13(19)20)17-14(21)18(2)10-5-3-9(15)4-6-10/h3-7,16H,1-2H3,(H,17,21)(H,19,20). The zero-order chi connectivity index (χ0) is 15.6. The molecule has 110 valence electrons. The number of benzene rings is 1. The fraction of sp³-hybridized carbons (Fsp3) is 0.143. The quantitative estimate of drug-likeness (QED) is 0.812. The van der Waals surface area contributed by atoms with Gasteiger partial charge in [-0.15, -0.1) is 0 Å². The van der Waals surface area contributed by atoms with Crippen LogP contribution in [-0.2, 0) is 0 Å². The number of anilines is 2. The Morgan fingerprint density at radius 1 is 1.29 bits per heavy atom. The fourth-order valence-corrected chi connectivity index (χ4v) is 1.84. The van der Waals surface area contributed by atoms with Crippen LogP contribution in [0.1, 0.15) is 16.2 Å². The van der Waals surface area contributed by atoms with Crippen LogP contribution in [0, 0.1) is 12.7 Å². The average molecular weight is 291 g/mol. The normalized spacial score (nSPS) is 10.2. The van der Waals surface area contributed by atoms with Crippen LogP contribution in [0.5, 0.6) is 0 Å². The molecule has 0 radical (unpaired) electrons. The molecule has 7 heteroatoms. The smallest absolute Gasteiger partial charge is 0.354 e. The van der Waals surface area contributed by atoms with Crippen molar-refractivity contribution >= 4 is 23.4 Å². The van der Waals surface area contributed by atoms with E-state index in [4.69, 9.17) is 5.11 Å². The number of nitrogens with zero attached hydrogens (tertiary/aromatic N) is 1. The number of aryl methyl sites for hydroxylation is 1. The number of aromatic amines is 1. The fourth-order valence-electron chi connectivity index (χ4n) is 1.84. The van der Waals surface area contributed by atoms with Crippen LogP contribution >= 0.6 is 0 Å². The summed E-state index contributed by atoms with van der Waals surface area (Å²) in [7, 11) is 1.50. The predicted octanol–water partition coefficient (Wildman–Crippen LogP) is 2.83. The lowest BCUT2D eigenvalue weighted by Gasteiger charge is -2.17. The van der Waals surface area contributed by atoms with Crippen molar-refractivity contribution in [2.24, 2.45) is 0 Å². The summed E-state index contributed by atoms with van der Waals surface area (Å²) in [5.74, 6) is -1.56. The van der Waals surface area contributed by atoms with Gasteiger partial charge in [-0.3, -0.25) is 4.90 Å². The number of carbonyl (C=O) groups is 2. The Morgan fingerprint density at radius 3 is 2.48 bits per heavy atom. The summed E-state index contributed by atoms with van der Waals surface area (Å²) >= 11 is 0. The molecule has 1 heterocycles. The third kappa shape index (κ3) is 3.19. The Morgan fingerprint density at radius 2 is 1.90 bits per heavy atom. The van der Waals surface area contributed by atoms with E-state index in [1.165, 1.54) is 42.3 Å². The number of aromatic carboxylic acids is 1. The molecule has 0 unspecified atom stereocenters. The number of nitrogens with one attached hydrogen (secondary N) is 2. The van der Waals surface area contributed by atoms with Crippen molar-refractivity contribution in [3.63, 3.8) is 0 Å². The summed E-state index contributed by atoms with van der Waals surface area (Å²) in [6.45, 7) is 1.69. The number of rotatable bonds is 3. The van der Waals surface area contributed by atoms with Gasteiger partial charge in [0.1, 0.15) is 11.5 Å². The van der Waals surface area contributed by atoms with E-state index in [0.717, 1.165) is 0 Å². The molecule has 0 saturated carbocycles. The second-order valence-electron chi connectivity index (χ2n) is 4.51. The van der Waals surface area contributed by atoms with E-state index < -0.39 is 17.8 Å². The molecule has 0 bridgehead atoms. The zero-order valence-electron chi connectivity index (χ0n) is 11.5. The van der Waals surface area contributed by atoms with Gasteiger partial charge in [0.15, 0.2) is 0 Å². The SMILES string of the molecule is Cc1cc(NC(=O)N(C)c2ccc(F)cc2)c(C(=O)O)[nH]1. The first-order valence-corrected chi connectivity index (χ1v) is 6.11. The van der Waals surface area contributed by atoms with Crippen molar-refractivity contribution in [1.82, 2.24) is 4.98 Å². The van der Waals surface area contributed by atoms with Crippen molar-refractivity contribution < 1.29 is 19.1 Å². The van der Waals surface area contributed by atoms with Gasteiger partial charge in [0.25, 0.3) is 0 Å². The molecular formula is C14H14FN3O3. The van der Waals surface area contributed by atoms with E-state index in [0.29, 0.717) is 11.4 Å². The lowest BCUT2D eigenvalue weighted by Crippen LogP contribution is -2.31. The molecular weight excluding hydrogens is 277 g/mol. The molecule has 3 N–H and O–H groups in total. The Hall–Kier alpha value is -2.83. The molecule has 21 heavy (non-hydrogen) atoms. The van der Waals surface area contributed by atoms with E-state index in [1.807, 2.05) is 0 Å². The van der Waals surface area contributed by atoms with Crippen molar-refractivity contribution in [2.45, 2.75) is 6.92 Å². The zero-order valence-corrected chi connectivity index (χ0v) is 11.5. The lowest BCUT2D eigenvalue weighted by atomic mass is 10.3. The van der Waals surface area contributed by atoms with E-state index >= 15 is 0 Å². The summed E-state index contributed by atoms with van der Waals surface area (Å²) in [4.78, 5) is 27.1. The van der Waals surface area contributed by atoms with Crippen LogP contribution < -0.4 is 10.2 Å². The third-order valence-electron chi connectivity index (χ3n) is 2.93. The summed E-state index contributed by atoms with van der Waals surface area (Å²) < 4.78 is 12.9. The molecule has 0 aliphatic rings. The van der Waals surface area contributed by atoms with Crippen LogP contribution in [0.2, 0.25) is 0 Å². The lowest BCUT2D eigenvalue weighted by molar-refractivity contribution is 0.0692. The van der Waals surface area contributed by atoms with Crippen LogP contribution in [0.4, 0.5) is 20.6 Å². The Bertz CT molecular complexity index is 679. The number of carboxylic acids is 1. The number of urea groups is 1. The van der Waals surface area contributed by atoms with Gasteiger partial charge in [-0.1, -0.05) is 0 Å². The van der Waals surface area contributed by atoms with Crippen molar-refractivity contribution in [1.29, 1.82) is 0 Å². The molecule has 0 saturated heterocycles. The highest BCUT2D eigenvalue weighted by Gasteiger charge is 2.18. The highest BCUT2D eigenvalue weighted by molar-refractivity contribution is 6.05. The molecule has 2 amide bonds. The Labute approximate surface area is 120 Å². The molecule has 1 aromatic heterocycles. The maximum absolute atomic E-state index is 12.9. The molecule has 2 aromatic rings. The number of carboxylic acid groups (broad SMARTS) is 1. The second-order valence-corrected chi connectivity index (χ2v) is 4.51. The van der Waals surface area contributed by atoms with Gasteiger partial charge in [0.05, 0.1) is 5.69 Å². The number of H-pyrrole nitrogens is 1. The number of carbonyl (C=O) groups excluding carboxylic acids is 1. The van der Waals surface area contributed by atoms with Gasteiger partial charge < -0.3 is 15.4 Å². The Kier molecular flexibility index (Phi) is 3.93. The predicted molar refractivity (Wildman–Crippen MR) is 76.3 cm³/mol. The maximum atomic E-state index is 12.9. The van der Waals surface area contributed by atoms with Gasteiger partial charge in [-0.2, -0.15) is 0 Å². The maximum Gasteiger partial charge on any atom is 0.354 e.